The number of nitrogens with zero attached hydrogens (tertiary/aromatic N) is 1. The second-order valence-electron chi connectivity index (χ2n) is 6.58. The van der Waals surface area contributed by atoms with Gasteiger partial charge >= 0.3 is 0 Å². The summed E-state index contributed by atoms with van der Waals surface area (Å²) in [6, 6.07) is 8.33. The average Bonchev–Trinajstić information content (AvgIpc) is 2.92. The Bertz CT molecular complexity index is 646. The van der Waals surface area contributed by atoms with E-state index in [4.69, 9.17) is 0 Å². The molecule has 1 heterocycles. The normalized spacial score (nSPS) is 11.0. The van der Waals surface area contributed by atoms with Crippen molar-refractivity contribution in [3.05, 3.63) is 35.0 Å². The fourth-order valence-electron chi connectivity index (χ4n) is 3.33. The molecule has 0 spiro atoms. The molecular formula is C21H30N2. The van der Waals surface area contributed by atoms with E-state index in [0.717, 1.165) is 18.4 Å². The Hall–Kier alpha value is -1.75. The maximum absolute atomic E-state index is 9.18. The molecule has 2 aromatic rings. The summed E-state index contributed by atoms with van der Waals surface area (Å²) in [4.78, 5) is 3.62. The summed E-state index contributed by atoms with van der Waals surface area (Å²) in [5, 5.41) is 10.5. The van der Waals surface area contributed by atoms with E-state index in [0.29, 0.717) is 0 Å². The Morgan fingerprint density at radius 3 is 2.26 bits per heavy atom. The summed E-state index contributed by atoms with van der Waals surface area (Å²) in [7, 11) is 0. The van der Waals surface area contributed by atoms with Crippen LogP contribution in [0.15, 0.2) is 18.2 Å². The molecule has 2 rings (SSSR count). The van der Waals surface area contributed by atoms with Gasteiger partial charge in [0, 0.05) is 16.6 Å². The molecule has 0 aliphatic rings. The lowest BCUT2D eigenvalue weighted by Crippen LogP contribution is -1.94. The van der Waals surface area contributed by atoms with E-state index < -0.39 is 0 Å². The zero-order valence-corrected chi connectivity index (χ0v) is 14.8. The fourth-order valence-corrected chi connectivity index (χ4v) is 3.33. The number of aromatic amines is 1. The van der Waals surface area contributed by atoms with Crippen LogP contribution in [0.25, 0.3) is 10.9 Å². The number of hydrogen-bond acceptors (Lipinski definition) is 1. The fraction of sp³-hybridized carbons (Fsp3) is 0.571. The van der Waals surface area contributed by atoms with Gasteiger partial charge < -0.3 is 4.98 Å². The number of nitrogens with one attached hydrogen (secondary N) is 1. The van der Waals surface area contributed by atoms with Gasteiger partial charge in [-0.15, -0.1) is 0 Å². The topological polar surface area (TPSA) is 39.6 Å². The van der Waals surface area contributed by atoms with E-state index in [1.807, 2.05) is 6.07 Å². The van der Waals surface area contributed by atoms with E-state index in [1.165, 1.54) is 73.5 Å². The summed E-state index contributed by atoms with van der Waals surface area (Å²) < 4.78 is 0. The highest BCUT2D eigenvalue weighted by atomic mass is 14.7. The molecule has 0 atom stereocenters. The maximum Gasteiger partial charge on any atom is 0.0991 e. The van der Waals surface area contributed by atoms with Crippen LogP contribution >= 0.6 is 0 Å². The smallest absolute Gasteiger partial charge is 0.0991 e. The van der Waals surface area contributed by atoms with Crippen molar-refractivity contribution in [2.45, 2.75) is 78.1 Å². The lowest BCUT2D eigenvalue weighted by molar-refractivity contribution is 0.648. The largest absolute Gasteiger partial charge is 0.358 e. The van der Waals surface area contributed by atoms with Gasteiger partial charge in [-0.25, -0.2) is 0 Å². The molecule has 1 aromatic heterocycles. The van der Waals surface area contributed by atoms with Crippen molar-refractivity contribution >= 4 is 10.9 Å². The molecule has 0 bridgehead atoms. The molecule has 0 aliphatic carbocycles. The van der Waals surface area contributed by atoms with Crippen LogP contribution in [0.2, 0.25) is 0 Å². The van der Waals surface area contributed by atoms with Gasteiger partial charge in [-0.2, -0.15) is 5.26 Å². The van der Waals surface area contributed by atoms with Crippen LogP contribution < -0.4 is 0 Å². The van der Waals surface area contributed by atoms with Gasteiger partial charge in [0.05, 0.1) is 11.6 Å². The first-order valence-electron chi connectivity index (χ1n) is 9.33. The van der Waals surface area contributed by atoms with Crippen LogP contribution in [0.5, 0.6) is 0 Å². The quantitative estimate of drug-likeness (QED) is 0.515. The van der Waals surface area contributed by atoms with Crippen molar-refractivity contribution in [3.8, 4) is 6.07 Å². The Kier molecular flexibility index (Phi) is 7.20. The van der Waals surface area contributed by atoms with Crippen LogP contribution in [-0.4, -0.2) is 4.98 Å². The predicted octanol–water partition coefficient (Wildman–Crippen LogP) is 6.29. The third kappa shape index (κ3) is 4.86. The number of fused-ring (bicyclic) bond motifs is 1. The van der Waals surface area contributed by atoms with Gasteiger partial charge in [0.15, 0.2) is 0 Å². The molecule has 23 heavy (non-hydrogen) atoms. The molecule has 0 aliphatic heterocycles. The summed E-state index contributed by atoms with van der Waals surface area (Å²) >= 11 is 0. The van der Waals surface area contributed by atoms with Crippen LogP contribution in [-0.2, 0) is 12.8 Å². The number of H-pyrrole nitrogens is 1. The first kappa shape index (κ1) is 17.6. The molecule has 124 valence electrons. The van der Waals surface area contributed by atoms with Crippen molar-refractivity contribution in [1.82, 2.24) is 4.98 Å². The monoisotopic (exact) mass is 310 g/mol. The Morgan fingerprint density at radius 1 is 0.913 bits per heavy atom. The van der Waals surface area contributed by atoms with Crippen molar-refractivity contribution in [3.63, 3.8) is 0 Å². The molecule has 0 saturated carbocycles. The zero-order chi connectivity index (χ0) is 16.5. The first-order chi connectivity index (χ1) is 11.3. The minimum atomic E-state index is 0.767. The lowest BCUT2D eigenvalue weighted by atomic mass is 9.99. The number of unbranched alkanes of at least 4 members (excludes halogenated alkanes) is 6. The van der Waals surface area contributed by atoms with E-state index in [9.17, 15) is 5.26 Å². The summed E-state index contributed by atoms with van der Waals surface area (Å²) in [5.41, 5.74) is 4.83. The molecule has 1 aromatic carbocycles. The standard InChI is InChI=1S/C21H30N2/c1-3-5-7-9-11-18-19-15-17(16-22)13-14-21(19)23-20(18)12-10-8-6-4-2/h13-15,23H,3-12H2,1-2H3. The van der Waals surface area contributed by atoms with Crippen molar-refractivity contribution in [2.75, 3.05) is 0 Å². The van der Waals surface area contributed by atoms with Gasteiger partial charge in [0.25, 0.3) is 0 Å². The SMILES string of the molecule is CCCCCCc1[nH]c2ccc(C#N)cc2c1CCCCCC. The second kappa shape index (κ2) is 9.40. The minimum absolute atomic E-state index is 0.767. The molecule has 0 fully saturated rings. The van der Waals surface area contributed by atoms with Crippen LogP contribution in [0.3, 0.4) is 0 Å². The van der Waals surface area contributed by atoms with Gasteiger partial charge in [0.2, 0.25) is 0 Å². The Balaban J connectivity index is 2.18. The molecule has 0 radical (unpaired) electrons. The third-order valence-electron chi connectivity index (χ3n) is 4.68. The minimum Gasteiger partial charge on any atom is -0.358 e. The third-order valence-corrected chi connectivity index (χ3v) is 4.68. The highest BCUT2D eigenvalue weighted by Crippen LogP contribution is 2.27. The molecule has 0 unspecified atom stereocenters. The van der Waals surface area contributed by atoms with Crippen LogP contribution in [0, 0.1) is 11.3 Å². The molecule has 2 heteroatoms. The number of aromatic nitrogens is 1. The summed E-state index contributed by atoms with van der Waals surface area (Å²) in [5.74, 6) is 0. The summed E-state index contributed by atoms with van der Waals surface area (Å²) in [6.45, 7) is 4.51. The van der Waals surface area contributed by atoms with Crippen molar-refractivity contribution < 1.29 is 0 Å². The van der Waals surface area contributed by atoms with Crippen LogP contribution in [0.4, 0.5) is 0 Å². The van der Waals surface area contributed by atoms with Gasteiger partial charge in [-0.3, -0.25) is 0 Å². The second-order valence-corrected chi connectivity index (χ2v) is 6.58. The number of nitriles is 1. The Morgan fingerprint density at radius 2 is 1.61 bits per heavy atom. The number of benzene rings is 1. The van der Waals surface area contributed by atoms with E-state index in [2.05, 4.69) is 37.0 Å². The highest BCUT2D eigenvalue weighted by Gasteiger charge is 2.11. The van der Waals surface area contributed by atoms with Gasteiger partial charge in [0.1, 0.15) is 0 Å². The average molecular weight is 310 g/mol. The van der Waals surface area contributed by atoms with E-state index in [1.54, 1.807) is 0 Å². The number of aryl methyl sites for hydroxylation is 2. The van der Waals surface area contributed by atoms with E-state index >= 15 is 0 Å². The van der Waals surface area contributed by atoms with Crippen molar-refractivity contribution in [1.29, 1.82) is 5.26 Å². The highest BCUT2D eigenvalue weighted by molar-refractivity contribution is 5.86. The molecule has 0 saturated heterocycles. The maximum atomic E-state index is 9.18. The molecule has 2 nitrogen and oxygen atoms in total. The zero-order valence-electron chi connectivity index (χ0n) is 14.8. The van der Waals surface area contributed by atoms with E-state index in [-0.39, 0.29) is 0 Å². The predicted molar refractivity (Wildman–Crippen MR) is 98.7 cm³/mol. The van der Waals surface area contributed by atoms with Gasteiger partial charge in [-0.1, -0.05) is 52.4 Å². The lowest BCUT2D eigenvalue weighted by Gasteiger charge is -2.05. The molecule has 0 amide bonds. The number of rotatable bonds is 10. The first-order valence-corrected chi connectivity index (χ1v) is 9.33. The Labute approximate surface area is 140 Å². The van der Waals surface area contributed by atoms with Crippen LogP contribution in [0.1, 0.15) is 82.0 Å². The van der Waals surface area contributed by atoms with Crippen molar-refractivity contribution in [2.24, 2.45) is 0 Å². The number of hydrogen-bond donors (Lipinski definition) is 1. The van der Waals surface area contributed by atoms with Gasteiger partial charge in [-0.05, 0) is 49.4 Å². The summed E-state index contributed by atoms with van der Waals surface area (Å²) in [6.07, 6.45) is 12.6. The molecule has 1 N–H and O–H groups in total. The molecular weight excluding hydrogens is 280 g/mol.